The number of hydrogen-bond acceptors (Lipinski definition) is 7. The summed E-state index contributed by atoms with van der Waals surface area (Å²) in [7, 11) is 3.92. The monoisotopic (exact) mass is 630 g/mol. The van der Waals surface area contributed by atoms with Crippen LogP contribution in [0.25, 0.3) is 0 Å². The predicted molar refractivity (Wildman–Crippen MR) is 177 cm³/mol. The normalized spacial score (nSPS) is 26.1. The Kier molecular flexibility index (Phi) is 9.48. The van der Waals surface area contributed by atoms with Crippen molar-refractivity contribution >= 4 is 35.3 Å². The number of carbonyl (C=O) groups is 3. The topological polar surface area (TPSA) is 115 Å². The minimum Gasteiger partial charge on any atom is -0.457 e. The fourth-order valence-corrected chi connectivity index (χ4v) is 8.14. The molecule has 4 aliphatic rings. The number of piperidine rings is 1. The maximum absolute atomic E-state index is 13.7. The van der Waals surface area contributed by atoms with Crippen molar-refractivity contribution in [1.29, 1.82) is 0 Å². The molecule has 2 aromatic carbocycles. The Bertz CT molecular complexity index is 1490. The molecule has 238 valence electrons. The Balaban J connectivity index is 1.10. The van der Waals surface area contributed by atoms with E-state index in [1.165, 1.54) is 11.8 Å². The van der Waals surface area contributed by atoms with Gasteiger partial charge in [-0.25, -0.2) is 4.79 Å². The van der Waals surface area contributed by atoms with E-state index < -0.39 is 0 Å². The number of rotatable bonds is 9. The number of benzene rings is 2. The molecule has 4 N–H and O–H groups in total. The summed E-state index contributed by atoms with van der Waals surface area (Å²) in [6, 6.07) is 15.3. The van der Waals surface area contributed by atoms with E-state index >= 15 is 0 Å². The smallest absolute Gasteiger partial charge is 0.326 e. The molecule has 0 radical (unpaired) electrons. The van der Waals surface area contributed by atoms with E-state index in [1.54, 1.807) is 6.08 Å². The van der Waals surface area contributed by atoms with Crippen LogP contribution in [0.15, 0.2) is 71.3 Å². The van der Waals surface area contributed by atoms with Crippen molar-refractivity contribution in [2.45, 2.75) is 62.5 Å². The second-order valence-electron chi connectivity index (χ2n) is 12.5. The summed E-state index contributed by atoms with van der Waals surface area (Å²) < 4.78 is 6.02. The first kappa shape index (κ1) is 31.2. The molecular formula is C34H42N6O4S. The Morgan fingerprint density at radius 2 is 1.76 bits per heavy atom. The van der Waals surface area contributed by atoms with Crippen LogP contribution in [-0.2, 0) is 9.59 Å². The number of urea groups is 1. The molecule has 6 rings (SSSR count). The van der Waals surface area contributed by atoms with E-state index in [0.29, 0.717) is 10.7 Å². The van der Waals surface area contributed by atoms with Crippen LogP contribution in [0.2, 0.25) is 0 Å². The highest BCUT2D eigenvalue weighted by Gasteiger charge is 2.52. The lowest BCUT2D eigenvalue weighted by atomic mass is 9.86. The minimum absolute atomic E-state index is 0.00934. The van der Waals surface area contributed by atoms with Gasteiger partial charge in [0.1, 0.15) is 11.5 Å². The number of nitrogens with one attached hydrogen (secondary N) is 4. The lowest BCUT2D eigenvalue weighted by Gasteiger charge is -2.46. The van der Waals surface area contributed by atoms with Crippen LogP contribution in [0.5, 0.6) is 11.5 Å². The number of carbonyl (C=O) groups excluding carboxylic acids is 3. The number of likely N-dealkylation sites (N-methyl/N-ethyl adjacent to an activating group) is 1. The first-order valence-corrected chi connectivity index (χ1v) is 16.7. The third-order valence-electron chi connectivity index (χ3n) is 8.90. The molecule has 3 atom stereocenters. The summed E-state index contributed by atoms with van der Waals surface area (Å²) in [6.07, 6.45) is 7.45. The molecule has 45 heavy (non-hydrogen) atoms. The van der Waals surface area contributed by atoms with Crippen LogP contribution in [0.1, 0.15) is 37.7 Å². The molecule has 1 aliphatic carbocycles. The van der Waals surface area contributed by atoms with Gasteiger partial charge >= 0.3 is 6.03 Å². The molecule has 3 aliphatic heterocycles. The van der Waals surface area contributed by atoms with Gasteiger partial charge < -0.3 is 30.9 Å². The summed E-state index contributed by atoms with van der Waals surface area (Å²) in [5.74, 6) is 1.25. The standard InChI is InChI=1S/C34H42N6O4S/c1-21-20-25(44-24-8-5-4-6-9-24)15-16-26(21)40-27-17-18-35-33-29(27)30(38-34(40)43)31(45-33)32(42)37-23-13-11-22(12-14-23)36-28(41)10-7-19-39(2)3/h4-10,15-16,20,22-23,27,29,33,35H,11-14,17-19H2,1-3H3,(H,36,41)(H,37,42)(H,38,43)/b10-7+. The summed E-state index contributed by atoms with van der Waals surface area (Å²) in [5.41, 5.74) is 2.52. The van der Waals surface area contributed by atoms with E-state index in [-0.39, 0.29) is 47.3 Å². The van der Waals surface area contributed by atoms with Crippen LogP contribution in [0, 0.1) is 12.8 Å². The van der Waals surface area contributed by atoms with E-state index in [1.807, 2.05) is 85.4 Å². The van der Waals surface area contributed by atoms with Gasteiger partial charge in [-0.05, 0) is 95.6 Å². The molecule has 3 heterocycles. The molecule has 1 saturated carbocycles. The van der Waals surface area contributed by atoms with Crippen molar-refractivity contribution in [2.24, 2.45) is 5.92 Å². The van der Waals surface area contributed by atoms with E-state index in [0.717, 1.165) is 67.9 Å². The molecule has 2 saturated heterocycles. The largest absolute Gasteiger partial charge is 0.457 e. The van der Waals surface area contributed by atoms with Gasteiger partial charge in [-0.1, -0.05) is 36.0 Å². The summed E-state index contributed by atoms with van der Waals surface area (Å²) in [6.45, 7) is 3.48. The maximum Gasteiger partial charge on any atom is 0.326 e. The van der Waals surface area contributed by atoms with Gasteiger partial charge in [0.05, 0.1) is 16.3 Å². The molecule has 4 amide bonds. The highest BCUT2D eigenvalue weighted by Crippen LogP contribution is 2.48. The van der Waals surface area contributed by atoms with Crippen LogP contribution in [-0.4, -0.2) is 73.4 Å². The van der Waals surface area contributed by atoms with Gasteiger partial charge in [0.2, 0.25) is 5.91 Å². The van der Waals surface area contributed by atoms with Crippen LogP contribution < -0.4 is 30.9 Å². The highest BCUT2D eigenvalue weighted by atomic mass is 32.2. The quantitative estimate of drug-likeness (QED) is 0.307. The number of thioether (sulfide) groups is 1. The van der Waals surface area contributed by atoms with Crippen molar-refractivity contribution in [2.75, 3.05) is 32.1 Å². The summed E-state index contributed by atoms with van der Waals surface area (Å²) in [5, 5.41) is 13.0. The fraction of sp³-hybridized carbons (Fsp3) is 0.441. The Morgan fingerprint density at radius 3 is 2.47 bits per heavy atom. The molecule has 0 aromatic heterocycles. The third-order valence-corrected chi connectivity index (χ3v) is 10.3. The molecule has 0 bridgehead atoms. The van der Waals surface area contributed by atoms with E-state index in [4.69, 9.17) is 4.74 Å². The van der Waals surface area contributed by atoms with Crippen LogP contribution in [0.3, 0.4) is 0 Å². The number of amides is 4. The number of ether oxygens (including phenoxy) is 1. The minimum atomic E-state index is -0.213. The number of nitrogens with zero attached hydrogens (tertiary/aromatic N) is 2. The van der Waals surface area contributed by atoms with Gasteiger partial charge in [0, 0.05) is 42.0 Å². The van der Waals surface area contributed by atoms with Crippen molar-refractivity contribution in [3.05, 3.63) is 76.8 Å². The molecule has 11 heteroatoms. The number of hydrogen-bond donors (Lipinski definition) is 4. The van der Waals surface area contributed by atoms with Gasteiger partial charge in [-0.2, -0.15) is 0 Å². The van der Waals surface area contributed by atoms with Crippen molar-refractivity contribution < 1.29 is 19.1 Å². The Labute approximate surface area is 269 Å². The van der Waals surface area contributed by atoms with E-state index in [2.05, 4.69) is 21.3 Å². The van der Waals surface area contributed by atoms with Gasteiger partial charge in [-0.3, -0.25) is 14.5 Å². The van der Waals surface area contributed by atoms with Crippen LogP contribution in [0.4, 0.5) is 10.5 Å². The molecule has 0 spiro atoms. The first-order chi connectivity index (χ1) is 21.8. The maximum atomic E-state index is 13.7. The zero-order valence-electron chi connectivity index (χ0n) is 26.0. The SMILES string of the molecule is Cc1cc(Oc2ccccc2)ccc1N1C(=O)NC2=C(C(=O)NC3CCC(NC(=O)/C=C/CN(C)C)CC3)SC3NCCC1C23. The summed E-state index contributed by atoms with van der Waals surface area (Å²) in [4.78, 5) is 44.0. The average Bonchev–Trinajstić information content (AvgIpc) is 3.39. The lowest BCUT2D eigenvalue weighted by Crippen LogP contribution is -2.62. The number of anilines is 1. The molecule has 3 unspecified atom stereocenters. The molecule has 3 fully saturated rings. The first-order valence-electron chi connectivity index (χ1n) is 15.8. The predicted octanol–water partition coefficient (Wildman–Crippen LogP) is 4.24. The number of aryl methyl sites for hydroxylation is 1. The highest BCUT2D eigenvalue weighted by molar-refractivity contribution is 8.04. The Morgan fingerprint density at radius 1 is 1.02 bits per heavy atom. The second-order valence-corrected chi connectivity index (χ2v) is 13.6. The fourth-order valence-electron chi connectivity index (χ4n) is 6.74. The van der Waals surface area contributed by atoms with Gasteiger partial charge in [0.15, 0.2) is 0 Å². The second kappa shape index (κ2) is 13.7. The van der Waals surface area contributed by atoms with E-state index in [9.17, 15) is 14.4 Å². The third kappa shape index (κ3) is 7.05. The number of para-hydroxylation sites is 1. The van der Waals surface area contributed by atoms with Crippen LogP contribution >= 0.6 is 11.8 Å². The molecule has 10 nitrogen and oxygen atoms in total. The van der Waals surface area contributed by atoms with Gasteiger partial charge in [-0.15, -0.1) is 0 Å². The average molecular weight is 631 g/mol. The van der Waals surface area contributed by atoms with Crippen molar-refractivity contribution in [3.63, 3.8) is 0 Å². The van der Waals surface area contributed by atoms with Gasteiger partial charge in [0.25, 0.3) is 5.91 Å². The molecular weight excluding hydrogens is 588 g/mol. The van der Waals surface area contributed by atoms with Crippen molar-refractivity contribution in [1.82, 2.24) is 26.2 Å². The zero-order chi connectivity index (χ0) is 31.5. The Hall–Kier alpha value is -3.80. The lowest BCUT2D eigenvalue weighted by molar-refractivity contribution is -0.119. The summed E-state index contributed by atoms with van der Waals surface area (Å²) >= 11 is 1.52. The zero-order valence-corrected chi connectivity index (χ0v) is 26.9. The van der Waals surface area contributed by atoms with Crippen molar-refractivity contribution in [3.8, 4) is 11.5 Å². The molecule has 2 aromatic rings.